The van der Waals surface area contributed by atoms with Crippen LogP contribution in [-0.4, -0.2) is 11.5 Å². The maximum absolute atomic E-state index is 6.12. The first-order chi connectivity index (χ1) is 10.3. The standard InChI is InChI=1S/C18H20N2O/c1-3-9-20-17(15-8-5-10-19-12-15)16-11-14-7-4-6-13(2)18(14)21-16/h4-8,10-12,17,20H,3,9H2,1-2H3. The third-order valence-electron chi connectivity index (χ3n) is 3.66. The van der Waals surface area contributed by atoms with Crippen LogP contribution in [0.3, 0.4) is 0 Å². The summed E-state index contributed by atoms with van der Waals surface area (Å²) in [6, 6.07) is 12.5. The molecule has 2 aromatic heterocycles. The first kappa shape index (κ1) is 13.8. The van der Waals surface area contributed by atoms with Crippen LogP contribution >= 0.6 is 0 Å². The van der Waals surface area contributed by atoms with Gasteiger partial charge in [0.15, 0.2) is 0 Å². The van der Waals surface area contributed by atoms with Crippen LogP contribution in [0.4, 0.5) is 0 Å². The molecule has 0 radical (unpaired) electrons. The molecule has 3 nitrogen and oxygen atoms in total. The van der Waals surface area contributed by atoms with Gasteiger partial charge in [-0.15, -0.1) is 0 Å². The van der Waals surface area contributed by atoms with Crippen molar-refractivity contribution in [3.05, 3.63) is 65.7 Å². The number of furan rings is 1. The van der Waals surface area contributed by atoms with Crippen LogP contribution in [0.25, 0.3) is 11.0 Å². The second-order valence-electron chi connectivity index (χ2n) is 5.32. The highest BCUT2D eigenvalue weighted by atomic mass is 16.3. The van der Waals surface area contributed by atoms with Gasteiger partial charge in [0.2, 0.25) is 0 Å². The highest BCUT2D eigenvalue weighted by Crippen LogP contribution is 2.29. The van der Waals surface area contributed by atoms with Crippen molar-refractivity contribution in [3.63, 3.8) is 0 Å². The summed E-state index contributed by atoms with van der Waals surface area (Å²) in [5.74, 6) is 0.945. The minimum atomic E-state index is 0.0467. The van der Waals surface area contributed by atoms with Crippen molar-refractivity contribution in [2.45, 2.75) is 26.3 Å². The highest BCUT2D eigenvalue weighted by Gasteiger charge is 2.18. The lowest BCUT2D eigenvalue weighted by Gasteiger charge is -2.16. The van der Waals surface area contributed by atoms with Gasteiger partial charge in [0.05, 0.1) is 6.04 Å². The third-order valence-corrected chi connectivity index (χ3v) is 3.66. The van der Waals surface area contributed by atoms with E-state index in [1.165, 1.54) is 5.56 Å². The highest BCUT2D eigenvalue weighted by molar-refractivity contribution is 5.81. The first-order valence-electron chi connectivity index (χ1n) is 7.42. The molecule has 0 bridgehead atoms. The molecule has 0 aliphatic rings. The number of nitrogens with zero attached hydrogens (tertiary/aromatic N) is 1. The van der Waals surface area contributed by atoms with Gasteiger partial charge in [-0.2, -0.15) is 0 Å². The molecule has 0 aliphatic heterocycles. The SMILES string of the molecule is CCCNC(c1cccnc1)c1cc2cccc(C)c2o1. The Kier molecular flexibility index (Phi) is 4.02. The van der Waals surface area contributed by atoms with E-state index in [1.807, 2.05) is 12.3 Å². The molecule has 0 amide bonds. The van der Waals surface area contributed by atoms with Gasteiger partial charge in [-0.3, -0.25) is 4.98 Å². The first-order valence-corrected chi connectivity index (χ1v) is 7.42. The van der Waals surface area contributed by atoms with Crippen molar-refractivity contribution in [2.24, 2.45) is 0 Å². The van der Waals surface area contributed by atoms with E-state index in [2.05, 4.69) is 54.5 Å². The van der Waals surface area contributed by atoms with Crippen LogP contribution in [0.15, 0.2) is 53.2 Å². The molecule has 3 heteroatoms. The average Bonchev–Trinajstić information content (AvgIpc) is 2.94. The number of hydrogen-bond donors (Lipinski definition) is 1. The molecular formula is C18H20N2O. The predicted octanol–water partition coefficient (Wildman–Crippen LogP) is 4.23. The van der Waals surface area contributed by atoms with Crippen LogP contribution in [0.2, 0.25) is 0 Å². The van der Waals surface area contributed by atoms with E-state index in [1.54, 1.807) is 6.20 Å². The fourth-order valence-electron chi connectivity index (χ4n) is 2.59. The molecule has 3 aromatic rings. The molecule has 21 heavy (non-hydrogen) atoms. The molecule has 0 spiro atoms. The predicted molar refractivity (Wildman–Crippen MR) is 85.3 cm³/mol. The monoisotopic (exact) mass is 280 g/mol. The van der Waals surface area contributed by atoms with Gasteiger partial charge in [-0.1, -0.05) is 31.2 Å². The maximum atomic E-state index is 6.12. The molecule has 0 aliphatic carbocycles. The van der Waals surface area contributed by atoms with Crippen molar-refractivity contribution in [2.75, 3.05) is 6.54 Å². The largest absolute Gasteiger partial charge is 0.459 e. The lowest BCUT2D eigenvalue weighted by molar-refractivity contribution is 0.468. The van der Waals surface area contributed by atoms with Crippen LogP contribution in [-0.2, 0) is 0 Å². The zero-order valence-corrected chi connectivity index (χ0v) is 12.5. The Bertz CT molecular complexity index is 718. The summed E-state index contributed by atoms with van der Waals surface area (Å²) in [5.41, 5.74) is 3.27. The number of nitrogens with one attached hydrogen (secondary N) is 1. The number of para-hydroxylation sites is 1. The summed E-state index contributed by atoms with van der Waals surface area (Å²) >= 11 is 0. The fourth-order valence-corrected chi connectivity index (χ4v) is 2.59. The number of rotatable bonds is 5. The number of aryl methyl sites for hydroxylation is 1. The quantitative estimate of drug-likeness (QED) is 0.760. The summed E-state index contributed by atoms with van der Waals surface area (Å²) in [6.07, 6.45) is 4.77. The van der Waals surface area contributed by atoms with Gasteiger partial charge in [0, 0.05) is 17.8 Å². The lowest BCUT2D eigenvalue weighted by atomic mass is 10.1. The Morgan fingerprint density at radius 3 is 2.86 bits per heavy atom. The Morgan fingerprint density at radius 1 is 1.24 bits per heavy atom. The second kappa shape index (κ2) is 6.10. The summed E-state index contributed by atoms with van der Waals surface area (Å²) in [4.78, 5) is 4.23. The number of fused-ring (bicyclic) bond motifs is 1. The number of hydrogen-bond acceptors (Lipinski definition) is 3. The van der Waals surface area contributed by atoms with Crippen molar-refractivity contribution in [3.8, 4) is 0 Å². The van der Waals surface area contributed by atoms with Gasteiger partial charge in [0.25, 0.3) is 0 Å². The third kappa shape index (κ3) is 2.83. The second-order valence-corrected chi connectivity index (χ2v) is 5.32. The zero-order chi connectivity index (χ0) is 14.7. The van der Waals surface area contributed by atoms with Crippen molar-refractivity contribution >= 4 is 11.0 Å². The number of aromatic nitrogens is 1. The Labute approximate surface area is 125 Å². The molecular weight excluding hydrogens is 260 g/mol. The Morgan fingerprint density at radius 2 is 2.14 bits per heavy atom. The van der Waals surface area contributed by atoms with Crippen LogP contribution in [0.5, 0.6) is 0 Å². The molecule has 0 saturated carbocycles. The summed E-state index contributed by atoms with van der Waals surface area (Å²) in [7, 11) is 0. The Balaban J connectivity index is 2.03. The molecule has 108 valence electrons. The maximum Gasteiger partial charge on any atom is 0.137 e. The van der Waals surface area contributed by atoms with Crippen molar-refractivity contribution in [1.29, 1.82) is 0 Å². The van der Waals surface area contributed by atoms with Crippen molar-refractivity contribution in [1.82, 2.24) is 10.3 Å². The smallest absolute Gasteiger partial charge is 0.137 e. The molecule has 0 fully saturated rings. The minimum Gasteiger partial charge on any atom is -0.459 e. The lowest BCUT2D eigenvalue weighted by Crippen LogP contribution is -2.22. The van der Waals surface area contributed by atoms with Gasteiger partial charge in [0.1, 0.15) is 11.3 Å². The normalized spacial score (nSPS) is 12.7. The molecule has 1 unspecified atom stereocenters. The van der Waals surface area contributed by atoms with E-state index in [0.29, 0.717) is 0 Å². The molecule has 1 N–H and O–H groups in total. The number of pyridine rings is 1. The Hall–Kier alpha value is -2.13. The van der Waals surface area contributed by atoms with Crippen LogP contribution < -0.4 is 5.32 Å². The zero-order valence-electron chi connectivity index (χ0n) is 12.5. The fraction of sp³-hybridized carbons (Fsp3) is 0.278. The van der Waals surface area contributed by atoms with E-state index in [-0.39, 0.29) is 6.04 Å². The van der Waals surface area contributed by atoms with Crippen molar-refractivity contribution < 1.29 is 4.42 Å². The van der Waals surface area contributed by atoms with E-state index >= 15 is 0 Å². The molecule has 3 rings (SSSR count). The summed E-state index contributed by atoms with van der Waals surface area (Å²) in [5, 5.41) is 4.70. The van der Waals surface area contributed by atoms with Gasteiger partial charge < -0.3 is 9.73 Å². The van der Waals surface area contributed by atoms with Crippen LogP contribution in [0, 0.1) is 6.92 Å². The van der Waals surface area contributed by atoms with Gasteiger partial charge in [-0.25, -0.2) is 0 Å². The minimum absolute atomic E-state index is 0.0467. The molecule has 1 atom stereocenters. The topological polar surface area (TPSA) is 38.1 Å². The van der Waals surface area contributed by atoms with E-state index < -0.39 is 0 Å². The molecule has 1 aromatic carbocycles. The van der Waals surface area contributed by atoms with Gasteiger partial charge in [-0.05, 0) is 43.1 Å². The number of benzene rings is 1. The molecule has 2 heterocycles. The van der Waals surface area contributed by atoms with E-state index in [4.69, 9.17) is 4.42 Å². The molecule has 0 saturated heterocycles. The van der Waals surface area contributed by atoms with Gasteiger partial charge >= 0.3 is 0 Å². The van der Waals surface area contributed by atoms with E-state index in [0.717, 1.165) is 35.3 Å². The van der Waals surface area contributed by atoms with Crippen LogP contribution in [0.1, 0.15) is 36.3 Å². The summed E-state index contributed by atoms with van der Waals surface area (Å²) < 4.78 is 6.12. The van der Waals surface area contributed by atoms with E-state index in [9.17, 15) is 0 Å². The summed E-state index contributed by atoms with van der Waals surface area (Å²) in [6.45, 7) is 5.18. The average molecular weight is 280 g/mol.